The molecule has 3 nitrogen and oxygen atoms in total. The molecule has 11 heavy (non-hydrogen) atoms. The van der Waals surface area contributed by atoms with Gasteiger partial charge in [-0.1, -0.05) is 20.8 Å². The number of hydrogen-bond acceptors (Lipinski definition) is 2. The minimum atomic E-state index is 0.102. The first kappa shape index (κ1) is 8.53. The van der Waals surface area contributed by atoms with Gasteiger partial charge in [-0.05, 0) is 5.41 Å². The molecule has 1 fully saturated rings. The van der Waals surface area contributed by atoms with Gasteiger partial charge >= 0.3 is 0 Å². The molecule has 1 amide bonds. The van der Waals surface area contributed by atoms with E-state index in [0.717, 1.165) is 6.54 Å². The Bertz CT molecular complexity index is 150. The van der Waals surface area contributed by atoms with Crippen molar-refractivity contribution in [1.29, 1.82) is 0 Å². The molecule has 0 bridgehead atoms. The second-order valence-corrected chi connectivity index (χ2v) is 4.10. The summed E-state index contributed by atoms with van der Waals surface area (Å²) in [5.74, 6) is 0.102. The summed E-state index contributed by atoms with van der Waals surface area (Å²) < 4.78 is 0. The summed E-state index contributed by atoms with van der Waals surface area (Å²) in [6.07, 6.45) is 0. The van der Waals surface area contributed by atoms with Crippen LogP contribution in [-0.4, -0.2) is 25.0 Å². The van der Waals surface area contributed by atoms with Gasteiger partial charge in [0, 0.05) is 12.6 Å². The summed E-state index contributed by atoms with van der Waals surface area (Å²) in [5, 5.41) is 6.03. The quantitative estimate of drug-likeness (QED) is 0.523. The van der Waals surface area contributed by atoms with E-state index in [1.54, 1.807) is 0 Å². The van der Waals surface area contributed by atoms with Gasteiger partial charge in [-0.3, -0.25) is 4.79 Å². The van der Waals surface area contributed by atoms with Gasteiger partial charge in [0.15, 0.2) is 0 Å². The molecule has 3 heteroatoms. The highest BCUT2D eigenvalue weighted by Gasteiger charge is 2.27. The number of amides is 1. The predicted octanol–water partition coefficient (Wildman–Crippen LogP) is 0.120. The largest absolute Gasteiger partial charge is 0.353 e. The molecule has 0 aromatic carbocycles. The van der Waals surface area contributed by atoms with Crippen molar-refractivity contribution in [2.75, 3.05) is 13.1 Å². The van der Waals surface area contributed by atoms with E-state index in [-0.39, 0.29) is 11.3 Å². The summed E-state index contributed by atoms with van der Waals surface area (Å²) in [4.78, 5) is 10.8. The number of rotatable bonds is 0. The minimum absolute atomic E-state index is 0.102. The van der Waals surface area contributed by atoms with Crippen molar-refractivity contribution in [2.24, 2.45) is 5.41 Å². The number of piperazine rings is 1. The summed E-state index contributed by atoms with van der Waals surface area (Å²) in [6, 6.07) is 0.403. The van der Waals surface area contributed by atoms with Gasteiger partial charge in [-0.2, -0.15) is 0 Å². The Labute approximate surface area is 67.5 Å². The summed E-state index contributed by atoms with van der Waals surface area (Å²) in [7, 11) is 0. The maximum atomic E-state index is 10.8. The van der Waals surface area contributed by atoms with E-state index in [1.807, 2.05) is 0 Å². The second kappa shape index (κ2) is 2.81. The molecular formula is C8H16N2O. The molecule has 1 atom stereocenters. The molecule has 0 saturated carbocycles. The van der Waals surface area contributed by atoms with Crippen molar-refractivity contribution in [1.82, 2.24) is 10.6 Å². The molecule has 0 radical (unpaired) electrons. The summed E-state index contributed by atoms with van der Waals surface area (Å²) >= 11 is 0. The van der Waals surface area contributed by atoms with E-state index in [4.69, 9.17) is 0 Å². The van der Waals surface area contributed by atoms with Crippen LogP contribution in [0, 0.1) is 5.41 Å². The Kier molecular flexibility index (Phi) is 2.18. The molecule has 1 rings (SSSR count). The lowest BCUT2D eigenvalue weighted by Gasteiger charge is -2.34. The molecule has 2 N–H and O–H groups in total. The number of nitrogens with one attached hydrogen (secondary N) is 2. The van der Waals surface area contributed by atoms with Crippen LogP contribution in [0.15, 0.2) is 0 Å². The molecule has 0 aromatic rings. The fourth-order valence-electron chi connectivity index (χ4n) is 1.18. The molecule has 0 aromatic heterocycles. The van der Waals surface area contributed by atoms with Crippen molar-refractivity contribution in [2.45, 2.75) is 26.8 Å². The molecule has 1 saturated heterocycles. The zero-order valence-corrected chi connectivity index (χ0v) is 7.40. The van der Waals surface area contributed by atoms with E-state index in [9.17, 15) is 4.79 Å². The van der Waals surface area contributed by atoms with Crippen molar-refractivity contribution in [3.05, 3.63) is 0 Å². The predicted molar refractivity (Wildman–Crippen MR) is 44.3 cm³/mol. The van der Waals surface area contributed by atoms with Crippen molar-refractivity contribution in [3.63, 3.8) is 0 Å². The third kappa shape index (κ3) is 2.19. The number of hydrogen-bond donors (Lipinski definition) is 2. The lowest BCUT2D eigenvalue weighted by atomic mass is 9.86. The Morgan fingerprint density at radius 1 is 1.45 bits per heavy atom. The van der Waals surface area contributed by atoms with Crippen LogP contribution in [0.1, 0.15) is 20.8 Å². The van der Waals surface area contributed by atoms with Crippen LogP contribution >= 0.6 is 0 Å². The fourth-order valence-corrected chi connectivity index (χ4v) is 1.18. The Morgan fingerprint density at radius 3 is 2.45 bits per heavy atom. The lowest BCUT2D eigenvalue weighted by Crippen LogP contribution is -2.56. The Morgan fingerprint density at radius 2 is 2.09 bits per heavy atom. The number of carbonyl (C=O) groups is 1. The smallest absolute Gasteiger partial charge is 0.234 e. The molecule has 0 spiro atoms. The van der Waals surface area contributed by atoms with Crippen LogP contribution in [0.25, 0.3) is 0 Å². The Balaban J connectivity index is 2.45. The highest BCUT2D eigenvalue weighted by atomic mass is 16.2. The van der Waals surface area contributed by atoms with Gasteiger partial charge in [-0.25, -0.2) is 0 Å². The highest BCUT2D eigenvalue weighted by Crippen LogP contribution is 2.19. The van der Waals surface area contributed by atoms with Crippen LogP contribution in [0.4, 0.5) is 0 Å². The van der Waals surface area contributed by atoms with Crippen LogP contribution in [0.3, 0.4) is 0 Å². The first-order chi connectivity index (χ1) is 5.00. The van der Waals surface area contributed by atoms with E-state index in [1.165, 1.54) is 0 Å². The topological polar surface area (TPSA) is 41.1 Å². The summed E-state index contributed by atoms with van der Waals surface area (Å²) in [5.41, 5.74) is 0.230. The first-order valence-electron chi connectivity index (χ1n) is 4.00. The van der Waals surface area contributed by atoms with E-state index in [2.05, 4.69) is 31.4 Å². The minimum Gasteiger partial charge on any atom is -0.353 e. The average molecular weight is 156 g/mol. The fraction of sp³-hybridized carbons (Fsp3) is 0.875. The highest BCUT2D eigenvalue weighted by molar-refractivity contribution is 5.78. The van der Waals surface area contributed by atoms with Crippen LogP contribution in [-0.2, 0) is 4.79 Å². The number of carbonyl (C=O) groups excluding carboxylic acids is 1. The van der Waals surface area contributed by atoms with Crippen LogP contribution in [0.2, 0.25) is 0 Å². The SMILES string of the molecule is CC(C)(C)C1CNC(=O)CN1. The summed E-state index contributed by atoms with van der Waals surface area (Å²) in [6.45, 7) is 7.72. The first-order valence-corrected chi connectivity index (χ1v) is 4.00. The molecule has 1 aliphatic rings. The van der Waals surface area contributed by atoms with Gasteiger partial charge in [0.2, 0.25) is 5.91 Å². The van der Waals surface area contributed by atoms with Crippen molar-refractivity contribution >= 4 is 5.91 Å². The zero-order valence-electron chi connectivity index (χ0n) is 7.40. The average Bonchev–Trinajstić information content (AvgIpc) is 1.86. The van der Waals surface area contributed by atoms with Gasteiger partial charge in [0.05, 0.1) is 6.54 Å². The molecular weight excluding hydrogens is 140 g/mol. The van der Waals surface area contributed by atoms with Crippen molar-refractivity contribution < 1.29 is 4.79 Å². The van der Waals surface area contributed by atoms with Crippen LogP contribution in [0.5, 0.6) is 0 Å². The monoisotopic (exact) mass is 156 g/mol. The van der Waals surface area contributed by atoms with Crippen molar-refractivity contribution in [3.8, 4) is 0 Å². The van der Waals surface area contributed by atoms with Crippen LogP contribution < -0.4 is 10.6 Å². The van der Waals surface area contributed by atoms with Gasteiger partial charge < -0.3 is 10.6 Å². The molecule has 64 valence electrons. The third-order valence-corrected chi connectivity index (χ3v) is 2.06. The standard InChI is InChI=1S/C8H16N2O/c1-8(2,3)6-4-10-7(11)5-9-6/h6,9H,4-5H2,1-3H3,(H,10,11). The zero-order chi connectivity index (χ0) is 8.48. The lowest BCUT2D eigenvalue weighted by molar-refractivity contribution is -0.122. The van der Waals surface area contributed by atoms with Gasteiger partial charge in [0.25, 0.3) is 0 Å². The third-order valence-electron chi connectivity index (χ3n) is 2.06. The maximum Gasteiger partial charge on any atom is 0.234 e. The van der Waals surface area contributed by atoms with Gasteiger partial charge in [0.1, 0.15) is 0 Å². The maximum absolute atomic E-state index is 10.8. The molecule has 0 aliphatic carbocycles. The molecule has 1 aliphatic heterocycles. The van der Waals surface area contributed by atoms with Gasteiger partial charge in [-0.15, -0.1) is 0 Å². The molecule has 1 heterocycles. The Hall–Kier alpha value is -0.570. The van der Waals surface area contributed by atoms with E-state index < -0.39 is 0 Å². The van der Waals surface area contributed by atoms with E-state index >= 15 is 0 Å². The normalized spacial score (nSPS) is 26.5. The van der Waals surface area contributed by atoms with E-state index in [0.29, 0.717) is 12.6 Å². The second-order valence-electron chi connectivity index (χ2n) is 4.10. The molecule has 1 unspecified atom stereocenters.